The fourth-order valence-corrected chi connectivity index (χ4v) is 1.91. The van der Waals surface area contributed by atoms with Crippen LogP contribution in [0.5, 0.6) is 5.75 Å². The van der Waals surface area contributed by atoms with Crippen molar-refractivity contribution in [1.82, 2.24) is 4.90 Å². The molecule has 1 rings (SSSR count). The lowest BCUT2D eigenvalue weighted by molar-refractivity contribution is -0.142. The van der Waals surface area contributed by atoms with Crippen LogP contribution in [0.2, 0.25) is 0 Å². The minimum atomic E-state index is -0.845. The molecule has 0 aliphatic carbocycles. The maximum Gasteiger partial charge on any atom is 0.325 e. The number of hydrogen-bond donors (Lipinski definition) is 1. The van der Waals surface area contributed by atoms with Crippen LogP contribution in [0.25, 0.3) is 0 Å². The van der Waals surface area contributed by atoms with Crippen molar-refractivity contribution in [2.45, 2.75) is 19.4 Å². The highest BCUT2D eigenvalue weighted by molar-refractivity contribution is 5.75. The molecule has 1 aromatic rings. The fraction of sp³-hybridized carbons (Fsp3) is 0.462. The van der Waals surface area contributed by atoms with Crippen LogP contribution in [0.3, 0.4) is 0 Å². The molecular formula is C13H19NO3. The van der Waals surface area contributed by atoms with Crippen LogP contribution >= 0.6 is 0 Å². The van der Waals surface area contributed by atoms with Gasteiger partial charge in [0.05, 0.1) is 7.11 Å². The van der Waals surface area contributed by atoms with Crippen molar-refractivity contribution in [3.8, 4) is 5.75 Å². The number of likely N-dealkylation sites (N-methyl/N-ethyl adjacent to an activating group) is 1. The number of rotatable bonds is 5. The zero-order valence-electron chi connectivity index (χ0n) is 10.7. The summed E-state index contributed by atoms with van der Waals surface area (Å²) in [4.78, 5) is 12.9. The van der Waals surface area contributed by atoms with Crippen LogP contribution in [0.1, 0.15) is 24.1 Å². The predicted molar refractivity (Wildman–Crippen MR) is 66.4 cm³/mol. The fourth-order valence-electron chi connectivity index (χ4n) is 1.91. The number of carboxylic acids is 1. The third-order valence-electron chi connectivity index (χ3n) is 2.75. The van der Waals surface area contributed by atoms with Gasteiger partial charge in [0.25, 0.3) is 0 Å². The van der Waals surface area contributed by atoms with E-state index >= 15 is 0 Å². The molecule has 0 aliphatic heterocycles. The van der Waals surface area contributed by atoms with E-state index in [1.165, 1.54) is 0 Å². The average molecular weight is 237 g/mol. The summed E-state index contributed by atoms with van der Waals surface area (Å²) in [6, 6.07) is 4.91. The minimum absolute atomic E-state index is 0.619. The summed E-state index contributed by atoms with van der Waals surface area (Å²) in [5.41, 5.74) is 1.80. The number of carbonyl (C=O) groups is 1. The number of nitrogens with zero attached hydrogens (tertiary/aromatic N) is 1. The van der Waals surface area contributed by atoms with E-state index in [2.05, 4.69) is 0 Å². The van der Waals surface area contributed by atoms with E-state index in [9.17, 15) is 9.90 Å². The van der Waals surface area contributed by atoms with Gasteiger partial charge in [-0.3, -0.25) is 9.69 Å². The van der Waals surface area contributed by atoms with E-state index in [1.54, 1.807) is 32.2 Å². The van der Waals surface area contributed by atoms with E-state index in [0.29, 0.717) is 0 Å². The predicted octanol–water partition coefficient (Wildman–Crippen LogP) is 1.94. The largest absolute Gasteiger partial charge is 0.496 e. The molecule has 1 N–H and O–H groups in total. The molecule has 0 saturated heterocycles. The molecule has 1 aromatic carbocycles. The molecule has 94 valence electrons. The van der Waals surface area contributed by atoms with Crippen LogP contribution in [0.15, 0.2) is 18.2 Å². The molecule has 0 aromatic heterocycles. The molecule has 0 saturated carbocycles. The molecule has 0 heterocycles. The number of aliphatic carboxylic acids is 1. The molecule has 0 amide bonds. The molecule has 0 aliphatic rings. The molecule has 4 heteroatoms. The Morgan fingerprint density at radius 1 is 1.47 bits per heavy atom. The van der Waals surface area contributed by atoms with E-state index in [4.69, 9.17) is 4.74 Å². The Morgan fingerprint density at radius 2 is 2.12 bits per heavy atom. The minimum Gasteiger partial charge on any atom is -0.496 e. The second kappa shape index (κ2) is 5.68. The lowest BCUT2D eigenvalue weighted by Crippen LogP contribution is -2.27. The standard InChI is InChI=1S/C13H19NO3/c1-5-9-8-10(6-7-11(9)17-4)12(13(15)16)14(2)3/h6-8,12H,5H2,1-4H3,(H,15,16). The van der Waals surface area contributed by atoms with Gasteiger partial charge in [0.15, 0.2) is 0 Å². The summed E-state index contributed by atoms with van der Waals surface area (Å²) in [6.45, 7) is 2.02. The summed E-state index contributed by atoms with van der Waals surface area (Å²) in [5.74, 6) is -0.0404. The van der Waals surface area contributed by atoms with Crippen LogP contribution in [0, 0.1) is 0 Å². The van der Waals surface area contributed by atoms with Crippen molar-refractivity contribution in [2.24, 2.45) is 0 Å². The molecule has 0 bridgehead atoms. The van der Waals surface area contributed by atoms with Crippen molar-refractivity contribution in [3.63, 3.8) is 0 Å². The van der Waals surface area contributed by atoms with Gasteiger partial charge < -0.3 is 9.84 Å². The van der Waals surface area contributed by atoms with Gasteiger partial charge in [-0.2, -0.15) is 0 Å². The molecule has 0 spiro atoms. The van der Waals surface area contributed by atoms with Crippen molar-refractivity contribution in [1.29, 1.82) is 0 Å². The third kappa shape index (κ3) is 2.97. The van der Waals surface area contributed by atoms with Crippen LogP contribution in [0.4, 0.5) is 0 Å². The quantitative estimate of drug-likeness (QED) is 0.850. The highest BCUT2D eigenvalue weighted by Gasteiger charge is 2.22. The summed E-state index contributed by atoms with van der Waals surface area (Å²) in [6.07, 6.45) is 0.816. The molecule has 1 unspecified atom stereocenters. The van der Waals surface area contributed by atoms with E-state index in [0.717, 1.165) is 23.3 Å². The molecule has 0 fully saturated rings. The first-order valence-corrected chi connectivity index (χ1v) is 5.57. The van der Waals surface area contributed by atoms with Gasteiger partial charge in [0.2, 0.25) is 0 Å². The first kappa shape index (κ1) is 13.5. The molecular weight excluding hydrogens is 218 g/mol. The summed E-state index contributed by atoms with van der Waals surface area (Å²) in [5, 5.41) is 9.21. The Kier molecular flexibility index (Phi) is 4.52. The summed E-state index contributed by atoms with van der Waals surface area (Å²) >= 11 is 0. The first-order chi connectivity index (χ1) is 8.01. The first-order valence-electron chi connectivity index (χ1n) is 5.57. The van der Waals surface area contributed by atoms with Crippen molar-refractivity contribution in [3.05, 3.63) is 29.3 Å². The van der Waals surface area contributed by atoms with Crippen LogP contribution in [-0.2, 0) is 11.2 Å². The third-order valence-corrected chi connectivity index (χ3v) is 2.75. The Balaban J connectivity index is 3.17. The maximum absolute atomic E-state index is 11.2. The van der Waals surface area contributed by atoms with Gasteiger partial charge in [0, 0.05) is 0 Å². The molecule has 17 heavy (non-hydrogen) atoms. The van der Waals surface area contributed by atoms with Gasteiger partial charge in [-0.25, -0.2) is 0 Å². The van der Waals surface area contributed by atoms with Crippen molar-refractivity contribution >= 4 is 5.97 Å². The summed E-state index contributed by atoms with van der Waals surface area (Å²) in [7, 11) is 5.14. The topological polar surface area (TPSA) is 49.8 Å². The lowest BCUT2D eigenvalue weighted by atomic mass is 10.0. The smallest absolute Gasteiger partial charge is 0.325 e. The maximum atomic E-state index is 11.2. The van der Waals surface area contributed by atoms with E-state index < -0.39 is 12.0 Å². The van der Waals surface area contributed by atoms with E-state index in [-0.39, 0.29) is 0 Å². The normalized spacial score (nSPS) is 12.5. The highest BCUT2D eigenvalue weighted by Crippen LogP contribution is 2.26. The van der Waals surface area contributed by atoms with Gasteiger partial charge >= 0.3 is 5.97 Å². The summed E-state index contributed by atoms with van der Waals surface area (Å²) < 4.78 is 5.23. The zero-order chi connectivity index (χ0) is 13.0. The number of benzene rings is 1. The highest BCUT2D eigenvalue weighted by atomic mass is 16.5. The Labute approximate surface area is 102 Å². The molecule has 0 radical (unpaired) electrons. The SMILES string of the molecule is CCc1cc(C(C(=O)O)N(C)C)ccc1OC. The Bertz CT molecular complexity index is 402. The number of hydrogen-bond acceptors (Lipinski definition) is 3. The van der Waals surface area contributed by atoms with Crippen molar-refractivity contribution < 1.29 is 14.6 Å². The Hall–Kier alpha value is -1.55. The number of aryl methyl sites for hydroxylation is 1. The van der Waals surface area contributed by atoms with Crippen molar-refractivity contribution in [2.75, 3.05) is 21.2 Å². The van der Waals surface area contributed by atoms with Gasteiger partial charge in [0.1, 0.15) is 11.8 Å². The monoisotopic (exact) mass is 237 g/mol. The van der Waals surface area contributed by atoms with Gasteiger partial charge in [-0.05, 0) is 43.8 Å². The zero-order valence-corrected chi connectivity index (χ0v) is 10.7. The van der Waals surface area contributed by atoms with Gasteiger partial charge in [-0.15, -0.1) is 0 Å². The van der Waals surface area contributed by atoms with Gasteiger partial charge in [-0.1, -0.05) is 13.0 Å². The molecule has 4 nitrogen and oxygen atoms in total. The number of methoxy groups -OCH3 is 1. The number of ether oxygens (including phenoxy) is 1. The lowest BCUT2D eigenvalue weighted by Gasteiger charge is -2.21. The second-order valence-electron chi connectivity index (χ2n) is 4.13. The van der Waals surface area contributed by atoms with E-state index in [1.807, 2.05) is 19.1 Å². The average Bonchev–Trinajstić information content (AvgIpc) is 2.27. The number of carboxylic acid groups (broad SMARTS) is 1. The van der Waals surface area contributed by atoms with Crippen LogP contribution in [-0.4, -0.2) is 37.2 Å². The Morgan fingerprint density at radius 3 is 2.53 bits per heavy atom. The van der Waals surface area contributed by atoms with Crippen LogP contribution < -0.4 is 4.74 Å². The second-order valence-corrected chi connectivity index (χ2v) is 4.13. The molecule has 1 atom stereocenters.